The summed E-state index contributed by atoms with van der Waals surface area (Å²) in [6, 6.07) is 8.38. The van der Waals surface area contributed by atoms with Crippen molar-refractivity contribution in [3.8, 4) is 5.75 Å². The van der Waals surface area contributed by atoms with E-state index in [1.807, 2.05) is 25.2 Å². The summed E-state index contributed by atoms with van der Waals surface area (Å²) in [5, 5.41) is 3.19. The molecule has 21 heavy (non-hydrogen) atoms. The van der Waals surface area contributed by atoms with Gasteiger partial charge in [0.1, 0.15) is 12.4 Å². The second-order valence-corrected chi connectivity index (χ2v) is 5.71. The van der Waals surface area contributed by atoms with Crippen molar-refractivity contribution in [2.45, 2.75) is 25.3 Å². The lowest BCUT2D eigenvalue weighted by atomic mass is 9.95. The molecule has 1 fully saturated rings. The number of amides is 1. The molecule has 1 saturated heterocycles. The Morgan fingerprint density at radius 3 is 3.05 bits per heavy atom. The van der Waals surface area contributed by atoms with E-state index in [9.17, 15) is 4.79 Å². The van der Waals surface area contributed by atoms with Gasteiger partial charge in [0.25, 0.3) is 0 Å². The summed E-state index contributed by atoms with van der Waals surface area (Å²) in [6.45, 7) is 2.29. The lowest BCUT2D eigenvalue weighted by Gasteiger charge is -2.31. The molecule has 1 aromatic rings. The average Bonchev–Trinajstić information content (AvgIpc) is 2.94. The number of halogens is 1. The average molecular weight is 311 g/mol. The molecular weight excluding hydrogens is 288 g/mol. The molecule has 0 aromatic heterocycles. The fourth-order valence-corrected chi connectivity index (χ4v) is 3.29. The fraction of sp³-hybridized carbons (Fsp3) is 0.562. The Morgan fingerprint density at radius 2 is 2.24 bits per heavy atom. The van der Waals surface area contributed by atoms with Crippen LogP contribution in [-0.4, -0.2) is 43.6 Å². The third-order valence-electron chi connectivity index (χ3n) is 4.33. The number of ether oxygens (including phenoxy) is 1. The summed E-state index contributed by atoms with van der Waals surface area (Å²) < 4.78 is 5.75. The number of likely N-dealkylation sites (tertiary alicyclic amines) is 1. The molecule has 0 radical (unpaired) electrons. The van der Waals surface area contributed by atoms with Gasteiger partial charge < -0.3 is 15.0 Å². The fourth-order valence-electron chi connectivity index (χ4n) is 3.29. The zero-order chi connectivity index (χ0) is 13.9. The highest BCUT2D eigenvalue weighted by Crippen LogP contribution is 2.29. The maximum absolute atomic E-state index is 12.7. The topological polar surface area (TPSA) is 41.6 Å². The highest BCUT2D eigenvalue weighted by atomic mass is 35.5. The second kappa shape index (κ2) is 7.14. The molecule has 1 amide bonds. The van der Waals surface area contributed by atoms with Gasteiger partial charge in [0.15, 0.2) is 0 Å². The van der Waals surface area contributed by atoms with Crippen LogP contribution >= 0.6 is 12.4 Å². The standard InChI is InChI=1S/C16H22N2O2.ClH/c1-17-10-14-6-4-8-18(14)16(19)13-9-12-5-2-3-7-15(12)20-11-13;/h2-3,5,7,13-14,17H,4,6,8-11H2,1H3;1H. The number of carbonyl (C=O) groups excluding carboxylic acids is 1. The molecule has 2 aliphatic rings. The molecule has 0 bridgehead atoms. The van der Waals surface area contributed by atoms with Gasteiger partial charge in [-0.2, -0.15) is 0 Å². The molecule has 1 N–H and O–H groups in total. The number of benzene rings is 1. The summed E-state index contributed by atoms with van der Waals surface area (Å²) in [4.78, 5) is 14.8. The van der Waals surface area contributed by atoms with Gasteiger partial charge in [0, 0.05) is 19.1 Å². The highest BCUT2D eigenvalue weighted by molar-refractivity contribution is 5.85. The predicted octanol–water partition coefficient (Wildman–Crippen LogP) is 1.87. The van der Waals surface area contributed by atoms with Crippen LogP contribution in [0.4, 0.5) is 0 Å². The zero-order valence-electron chi connectivity index (χ0n) is 12.4. The van der Waals surface area contributed by atoms with Crippen molar-refractivity contribution in [2.24, 2.45) is 5.92 Å². The molecular formula is C16H23ClN2O2. The zero-order valence-corrected chi connectivity index (χ0v) is 13.2. The summed E-state index contributed by atoms with van der Waals surface area (Å²) in [5.74, 6) is 1.17. The van der Waals surface area contributed by atoms with Crippen molar-refractivity contribution in [2.75, 3.05) is 26.7 Å². The lowest BCUT2D eigenvalue weighted by molar-refractivity contribution is -0.137. The van der Waals surface area contributed by atoms with E-state index in [2.05, 4.69) is 16.3 Å². The Kier molecular flexibility index (Phi) is 5.48. The number of fused-ring (bicyclic) bond motifs is 1. The molecule has 0 saturated carbocycles. The third kappa shape index (κ3) is 3.33. The molecule has 2 aliphatic heterocycles. The van der Waals surface area contributed by atoms with Gasteiger partial charge in [-0.15, -0.1) is 12.4 Å². The first kappa shape index (κ1) is 16.1. The van der Waals surface area contributed by atoms with E-state index in [4.69, 9.17) is 4.74 Å². The van der Waals surface area contributed by atoms with E-state index in [1.165, 1.54) is 0 Å². The molecule has 116 valence electrons. The monoisotopic (exact) mass is 310 g/mol. The predicted molar refractivity (Wildman–Crippen MR) is 85.0 cm³/mol. The second-order valence-electron chi connectivity index (χ2n) is 5.71. The van der Waals surface area contributed by atoms with Crippen LogP contribution in [0.15, 0.2) is 24.3 Å². The normalized spacial score (nSPS) is 24.0. The van der Waals surface area contributed by atoms with Gasteiger partial charge in [-0.05, 0) is 37.9 Å². The van der Waals surface area contributed by atoms with Crippen LogP contribution in [0.3, 0.4) is 0 Å². The number of hydrogen-bond acceptors (Lipinski definition) is 3. The number of nitrogens with one attached hydrogen (secondary N) is 1. The van der Waals surface area contributed by atoms with E-state index in [-0.39, 0.29) is 24.2 Å². The highest BCUT2D eigenvalue weighted by Gasteiger charge is 2.34. The molecule has 0 spiro atoms. The van der Waals surface area contributed by atoms with Crippen LogP contribution in [0, 0.1) is 5.92 Å². The summed E-state index contributed by atoms with van der Waals surface area (Å²) >= 11 is 0. The number of hydrogen-bond donors (Lipinski definition) is 1. The third-order valence-corrected chi connectivity index (χ3v) is 4.33. The van der Waals surface area contributed by atoms with E-state index in [1.54, 1.807) is 0 Å². The van der Waals surface area contributed by atoms with Crippen LogP contribution in [0.5, 0.6) is 5.75 Å². The lowest BCUT2D eigenvalue weighted by Crippen LogP contribution is -2.46. The van der Waals surface area contributed by atoms with Gasteiger partial charge in [0.2, 0.25) is 5.91 Å². The maximum atomic E-state index is 12.7. The molecule has 2 atom stereocenters. The minimum Gasteiger partial charge on any atom is -0.492 e. The van der Waals surface area contributed by atoms with Crippen LogP contribution in [0.25, 0.3) is 0 Å². The number of nitrogens with zero attached hydrogens (tertiary/aromatic N) is 1. The first-order chi connectivity index (χ1) is 9.79. The molecule has 1 aromatic carbocycles. The molecule has 5 heteroatoms. The van der Waals surface area contributed by atoms with Gasteiger partial charge in [0.05, 0.1) is 5.92 Å². The van der Waals surface area contributed by atoms with Gasteiger partial charge in [-0.3, -0.25) is 4.79 Å². The Bertz CT molecular complexity index is 495. The quantitative estimate of drug-likeness (QED) is 0.927. The Balaban J connectivity index is 0.00000161. The summed E-state index contributed by atoms with van der Waals surface area (Å²) in [6.07, 6.45) is 3.02. The molecule has 0 aliphatic carbocycles. The minimum absolute atomic E-state index is 0. The van der Waals surface area contributed by atoms with Crippen molar-refractivity contribution in [1.29, 1.82) is 0 Å². The van der Waals surface area contributed by atoms with Crippen molar-refractivity contribution in [3.05, 3.63) is 29.8 Å². The van der Waals surface area contributed by atoms with E-state index >= 15 is 0 Å². The van der Waals surface area contributed by atoms with Crippen molar-refractivity contribution in [3.63, 3.8) is 0 Å². The largest absolute Gasteiger partial charge is 0.492 e. The number of carbonyl (C=O) groups is 1. The van der Waals surface area contributed by atoms with Gasteiger partial charge in [-0.25, -0.2) is 0 Å². The van der Waals surface area contributed by atoms with E-state index < -0.39 is 0 Å². The number of likely N-dealkylation sites (N-methyl/N-ethyl adjacent to an activating group) is 1. The van der Waals surface area contributed by atoms with Crippen LogP contribution < -0.4 is 10.1 Å². The molecule has 3 rings (SSSR count). The first-order valence-electron chi connectivity index (χ1n) is 7.45. The molecule has 2 unspecified atom stereocenters. The van der Waals surface area contributed by atoms with Crippen molar-refractivity contribution < 1.29 is 9.53 Å². The van der Waals surface area contributed by atoms with Crippen LogP contribution in [0.1, 0.15) is 18.4 Å². The summed E-state index contributed by atoms with van der Waals surface area (Å²) in [5.41, 5.74) is 1.15. The molecule has 4 nitrogen and oxygen atoms in total. The number of rotatable bonds is 3. The SMILES string of the molecule is CNCC1CCCN1C(=O)C1COc2ccccc2C1.Cl. The number of para-hydroxylation sites is 1. The summed E-state index contributed by atoms with van der Waals surface area (Å²) in [7, 11) is 1.95. The molecule has 2 heterocycles. The van der Waals surface area contributed by atoms with Gasteiger partial charge >= 0.3 is 0 Å². The van der Waals surface area contributed by atoms with Crippen LogP contribution in [-0.2, 0) is 11.2 Å². The smallest absolute Gasteiger partial charge is 0.229 e. The van der Waals surface area contributed by atoms with E-state index in [0.717, 1.165) is 43.7 Å². The van der Waals surface area contributed by atoms with Crippen LogP contribution in [0.2, 0.25) is 0 Å². The van der Waals surface area contributed by atoms with Crippen molar-refractivity contribution >= 4 is 18.3 Å². The van der Waals surface area contributed by atoms with E-state index in [0.29, 0.717) is 12.6 Å². The minimum atomic E-state index is -0.0256. The Labute approximate surface area is 132 Å². The maximum Gasteiger partial charge on any atom is 0.229 e. The Morgan fingerprint density at radius 1 is 1.43 bits per heavy atom. The van der Waals surface area contributed by atoms with Crippen molar-refractivity contribution in [1.82, 2.24) is 10.2 Å². The Hall–Kier alpha value is -1.26. The first-order valence-corrected chi connectivity index (χ1v) is 7.45. The van der Waals surface area contributed by atoms with Gasteiger partial charge in [-0.1, -0.05) is 18.2 Å².